The summed E-state index contributed by atoms with van der Waals surface area (Å²) in [4.78, 5) is 35.1. The van der Waals surface area contributed by atoms with E-state index in [1.165, 1.54) is 19.3 Å². The predicted molar refractivity (Wildman–Crippen MR) is 106 cm³/mol. The van der Waals surface area contributed by atoms with Crippen LogP contribution in [0.4, 0.5) is 0 Å². The summed E-state index contributed by atoms with van der Waals surface area (Å²) in [6.07, 6.45) is 2.73. The molecular weight excluding hydrogens is 382 g/mol. The molecule has 28 heavy (non-hydrogen) atoms. The van der Waals surface area contributed by atoms with Crippen LogP contribution >= 0.6 is 11.6 Å². The lowest BCUT2D eigenvalue weighted by Gasteiger charge is -2.15. The van der Waals surface area contributed by atoms with Crippen LogP contribution in [-0.2, 0) is 19.1 Å². The number of ether oxygens (including phenoxy) is 2. The number of nitrogens with one attached hydrogen (secondary N) is 1. The van der Waals surface area contributed by atoms with Gasteiger partial charge in [0, 0.05) is 11.1 Å². The molecule has 0 unspecified atom stereocenters. The van der Waals surface area contributed by atoms with E-state index in [0.29, 0.717) is 16.1 Å². The summed E-state index contributed by atoms with van der Waals surface area (Å²) < 4.78 is 9.54. The Hall–Kier alpha value is -3.12. The Balaban J connectivity index is 1.81. The van der Waals surface area contributed by atoms with Crippen LogP contribution in [0.3, 0.4) is 0 Å². The van der Waals surface area contributed by atoms with Crippen molar-refractivity contribution >= 4 is 35.5 Å². The van der Waals surface area contributed by atoms with Crippen molar-refractivity contribution in [3.05, 3.63) is 76.3 Å². The summed E-state index contributed by atoms with van der Waals surface area (Å²) in [5, 5.41) is 3.27. The average Bonchev–Trinajstić information content (AvgIpc) is 2.70. The molecule has 0 bridgehead atoms. The molecule has 2 aromatic carbocycles. The minimum absolute atomic E-state index is 0.316. The smallest absolute Gasteiger partial charge is 0.337 e. The highest BCUT2D eigenvalue weighted by atomic mass is 35.5. The van der Waals surface area contributed by atoms with Crippen molar-refractivity contribution in [3.8, 4) is 0 Å². The number of carbonyl (C=O) groups is 3. The molecule has 146 valence electrons. The van der Waals surface area contributed by atoms with Crippen LogP contribution in [0.25, 0.3) is 6.08 Å². The Bertz CT molecular complexity index is 877. The zero-order chi connectivity index (χ0) is 20.5. The maximum Gasteiger partial charge on any atom is 0.337 e. The van der Waals surface area contributed by atoms with E-state index in [4.69, 9.17) is 16.3 Å². The summed E-state index contributed by atoms with van der Waals surface area (Å²) in [5.74, 6) is -1.53. The third-order valence-electron chi connectivity index (χ3n) is 3.84. The fourth-order valence-corrected chi connectivity index (χ4v) is 2.68. The van der Waals surface area contributed by atoms with Crippen LogP contribution in [0.1, 0.15) is 34.5 Å². The molecule has 0 aliphatic carbocycles. The fraction of sp³-hybridized carbons (Fsp3) is 0.190. The molecule has 0 aliphatic heterocycles. The van der Waals surface area contributed by atoms with Gasteiger partial charge in [-0.15, -0.1) is 0 Å². The van der Waals surface area contributed by atoms with Gasteiger partial charge in [0.2, 0.25) is 0 Å². The van der Waals surface area contributed by atoms with Crippen LogP contribution in [0, 0.1) is 0 Å². The van der Waals surface area contributed by atoms with Gasteiger partial charge in [-0.3, -0.25) is 4.79 Å². The molecule has 1 N–H and O–H groups in total. The molecule has 0 spiro atoms. The van der Waals surface area contributed by atoms with Gasteiger partial charge >= 0.3 is 11.9 Å². The van der Waals surface area contributed by atoms with Crippen molar-refractivity contribution in [1.29, 1.82) is 0 Å². The van der Waals surface area contributed by atoms with Gasteiger partial charge in [-0.1, -0.05) is 41.9 Å². The summed E-state index contributed by atoms with van der Waals surface area (Å²) in [7, 11) is 1.30. The Morgan fingerprint density at radius 1 is 1.11 bits per heavy atom. The minimum atomic E-state index is -0.655. The third-order valence-corrected chi connectivity index (χ3v) is 4.18. The van der Waals surface area contributed by atoms with Gasteiger partial charge in [0.1, 0.15) is 0 Å². The Morgan fingerprint density at radius 3 is 2.43 bits per heavy atom. The number of hydrogen-bond acceptors (Lipinski definition) is 5. The standard InChI is InChI=1S/C21H20ClNO5/c1-14(17-5-3-4-6-18(17)22)23-19(24)13-28-20(25)12-9-15-7-10-16(11-8-15)21(26)27-2/h3-12,14H,13H2,1-2H3,(H,23,24)/b12-9+/t14-/m0/s1. The third kappa shape index (κ3) is 6.25. The molecule has 0 saturated heterocycles. The van der Waals surface area contributed by atoms with Gasteiger partial charge < -0.3 is 14.8 Å². The quantitative estimate of drug-likeness (QED) is 0.566. The van der Waals surface area contributed by atoms with Gasteiger partial charge in [0.25, 0.3) is 5.91 Å². The van der Waals surface area contributed by atoms with E-state index in [1.54, 1.807) is 43.3 Å². The highest BCUT2D eigenvalue weighted by Crippen LogP contribution is 2.21. The van der Waals surface area contributed by atoms with E-state index < -0.39 is 24.5 Å². The molecule has 2 aromatic rings. The first-order chi connectivity index (χ1) is 13.4. The second-order valence-electron chi connectivity index (χ2n) is 5.87. The van der Waals surface area contributed by atoms with Crippen LogP contribution in [0.5, 0.6) is 0 Å². The SMILES string of the molecule is COC(=O)c1ccc(/C=C/C(=O)OCC(=O)N[C@@H](C)c2ccccc2Cl)cc1. The molecule has 2 rings (SSSR count). The summed E-state index contributed by atoms with van der Waals surface area (Å²) >= 11 is 6.09. The van der Waals surface area contributed by atoms with Crippen molar-refractivity contribution in [2.45, 2.75) is 13.0 Å². The highest BCUT2D eigenvalue weighted by Gasteiger charge is 2.13. The number of hydrogen-bond donors (Lipinski definition) is 1. The molecule has 0 aromatic heterocycles. The topological polar surface area (TPSA) is 81.7 Å². The first-order valence-corrected chi connectivity index (χ1v) is 8.85. The van der Waals surface area contributed by atoms with Crippen LogP contribution in [-0.4, -0.2) is 31.6 Å². The zero-order valence-corrected chi connectivity index (χ0v) is 16.2. The molecule has 0 saturated carbocycles. The molecular formula is C21H20ClNO5. The maximum atomic E-state index is 11.9. The van der Waals surface area contributed by atoms with Crippen LogP contribution in [0.15, 0.2) is 54.6 Å². The van der Waals surface area contributed by atoms with Gasteiger partial charge in [0.15, 0.2) is 6.61 Å². The average molecular weight is 402 g/mol. The van der Waals surface area contributed by atoms with Crippen molar-refractivity contribution in [3.63, 3.8) is 0 Å². The van der Waals surface area contributed by atoms with E-state index in [-0.39, 0.29) is 6.04 Å². The minimum Gasteiger partial charge on any atom is -0.465 e. The lowest BCUT2D eigenvalue weighted by Crippen LogP contribution is -2.31. The summed E-state index contributed by atoms with van der Waals surface area (Å²) in [6.45, 7) is 1.39. The normalized spacial score (nSPS) is 11.7. The highest BCUT2D eigenvalue weighted by molar-refractivity contribution is 6.31. The number of amides is 1. The molecule has 0 fully saturated rings. The lowest BCUT2D eigenvalue weighted by atomic mass is 10.1. The number of carbonyl (C=O) groups excluding carboxylic acids is 3. The van der Waals surface area contributed by atoms with Crippen molar-refractivity contribution < 1.29 is 23.9 Å². The van der Waals surface area contributed by atoms with Crippen LogP contribution < -0.4 is 5.32 Å². The van der Waals surface area contributed by atoms with E-state index in [2.05, 4.69) is 10.1 Å². The number of methoxy groups -OCH3 is 1. The fourth-order valence-electron chi connectivity index (χ4n) is 2.38. The molecule has 6 nitrogen and oxygen atoms in total. The van der Waals surface area contributed by atoms with E-state index >= 15 is 0 Å². The van der Waals surface area contributed by atoms with E-state index in [9.17, 15) is 14.4 Å². The molecule has 1 atom stereocenters. The van der Waals surface area contributed by atoms with Gasteiger partial charge in [-0.05, 0) is 42.3 Å². The number of esters is 2. The van der Waals surface area contributed by atoms with Gasteiger partial charge in [-0.25, -0.2) is 9.59 Å². The second-order valence-corrected chi connectivity index (χ2v) is 6.27. The first kappa shape index (κ1) is 21.2. The summed E-state index contributed by atoms with van der Waals surface area (Å²) in [5.41, 5.74) is 1.88. The second kappa shape index (κ2) is 10.3. The summed E-state index contributed by atoms with van der Waals surface area (Å²) in [6, 6.07) is 13.4. The molecule has 0 aliphatic rings. The van der Waals surface area contributed by atoms with Crippen molar-refractivity contribution in [2.24, 2.45) is 0 Å². The monoisotopic (exact) mass is 401 g/mol. The molecule has 7 heteroatoms. The number of benzene rings is 2. The van der Waals surface area contributed by atoms with E-state index in [0.717, 1.165) is 5.56 Å². The Morgan fingerprint density at radius 2 is 1.79 bits per heavy atom. The number of rotatable bonds is 7. The Kier molecular flexibility index (Phi) is 7.77. The van der Waals surface area contributed by atoms with Crippen LogP contribution in [0.2, 0.25) is 5.02 Å². The van der Waals surface area contributed by atoms with Crippen molar-refractivity contribution in [2.75, 3.05) is 13.7 Å². The van der Waals surface area contributed by atoms with E-state index in [1.807, 2.05) is 12.1 Å². The van der Waals surface area contributed by atoms with Crippen molar-refractivity contribution in [1.82, 2.24) is 5.32 Å². The largest absolute Gasteiger partial charge is 0.465 e. The van der Waals surface area contributed by atoms with Gasteiger partial charge in [-0.2, -0.15) is 0 Å². The zero-order valence-electron chi connectivity index (χ0n) is 15.5. The predicted octanol–water partition coefficient (Wildman–Crippen LogP) is 3.56. The molecule has 0 heterocycles. The molecule has 1 amide bonds. The first-order valence-electron chi connectivity index (χ1n) is 8.47. The lowest BCUT2D eigenvalue weighted by molar-refractivity contribution is -0.144. The number of halogens is 1. The molecule has 0 radical (unpaired) electrons. The van der Waals surface area contributed by atoms with Gasteiger partial charge in [0.05, 0.1) is 18.7 Å². The Labute approximate surface area is 168 Å². The maximum absolute atomic E-state index is 11.9.